The Hall–Kier alpha value is -1.00. The van der Waals surface area contributed by atoms with Crippen LogP contribution in [-0.4, -0.2) is 46.3 Å². The average molecular weight is 965 g/mol. The van der Waals surface area contributed by atoms with Crippen molar-refractivity contribution < 1.29 is 60.3 Å². The Bertz CT molecular complexity index is 1580. The standard InChI is InChI=1S/4C7H6N2.7ClH.Na.H2O.2Ru.H/c4*1-2-4-7-6(3-1)5-8-9-7;;;;;;;;;;;;/h4*1-5H,(H,8,9);7*1H;;1H2;;;/q;;;;;;;;;;;+1;;+3;+4;-1/p-7. The van der Waals surface area contributed by atoms with E-state index in [-0.39, 0.29) is 36.5 Å². The van der Waals surface area contributed by atoms with Crippen molar-refractivity contribution in [3.05, 3.63) is 122 Å². The van der Waals surface area contributed by atoms with Gasteiger partial charge >= 0.3 is 121 Å². The van der Waals surface area contributed by atoms with Crippen molar-refractivity contribution in [1.29, 1.82) is 0 Å². The normalized spacial score (nSPS) is 10.4. The molecule has 0 spiro atoms. The first-order chi connectivity index (χ1) is 21.6. The van der Waals surface area contributed by atoms with Gasteiger partial charge in [-0.1, -0.05) is 72.8 Å². The number of fused-ring (bicyclic) bond motifs is 4. The van der Waals surface area contributed by atoms with E-state index in [1.54, 1.807) is 0 Å². The predicted molar refractivity (Wildman–Crippen MR) is 190 cm³/mol. The van der Waals surface area contributed by atoms with Gasteiger partial charge in [-0.2, -0.15) is 20.4 Å². The van der Waals surface area contributed by atoms with Gasteiger partial charge in [0.1, 0.15) is 0 Å². The summed E-state index contributed by atoms with van der Waals surface area (Å²) in [5, 5.41) is 31.6. The fraction of sp³-hybridized carbons (Fsp3) is 0. The molecule has 47 heavy (non-hydrogen) atoms. The minimum absolute atomic E-state index is 0. The van der Waals surface area contributed by atoms with Crippen molar-refractivity contribution in [3.63, 3.8) is 0 Å². The van der Waals surface area contributed by atoms with Gasteiger partial charge in [0.05, 0.1) is 46.9 Å². The molecule has 0 atom stereocenters. The van der Waals surface area contributed by atoms with Crippen LogP contribution in [0.4, 0.5) is 0 Å². The van der Waals surface area contributed by atoms with Gasteiger partial charge in [-0.05, 0) is 24.3 Å². The number of benzene rings is 4. The van der Waals surface area contributed by atoms with Gasteiger partial charge < -0.3 is 6.90 Å². The van der Waals surface area contributed by atoms with Crippen molar-refractivity contribution in [1.82, 2.24) is 40.8 Å². The van der Waals surface area contributed by atoms with Crippen molar-refractivity contribution >= 4 is 111 Å². The van der Waals surface area contributed by atoms with Crippen molar-refractivity contribution in [2.75, 3.05) is 0 Å². The molecule has 0 fully saturated rings. The molecule has 0 unspecified atom stereocenters. The number of hydrogen-bond acceptors (Lipinski definition) is 4. The molecule has 9 nitrogen and oxygen atoms in total. The van der Waals surface area contributed by atoms with Crippen LogP contribution in [0, 0.1) is 0 Å². The number of aromatic nitrogens is 8. The van der Waals surface area contributed by atoms with Crippen LogP contribution >= 0.6 is 67.8 Å². The molecule has 0 aliphatic rings. The first-order valence-electron chi connectivity index (χ1n) is 12.3. The third kappa shape index (κ3) is 18.5. The minimum Gasteiger partial charge on any atom is -1.00 e. The molecule has 0 aliphatic heterocycles. The molecule has 8 aromatic rings. The number of nitrogens with zero attached hydrogens (tertiary/aromatic N) is 4. The first kappa shape index (κ1) is 44.0. The molecule has 4 aromatic heterocycles. The Morgan fingerprint density at radius 1 is 0.447 bits per heavy atom. The average Bonchev–Trinajstić information content (AvgIpc) is 3.83. The summed E-state index contributed by atoms with van der Waals surface area (Å²) in [7, 11) is 31.9. The summed E-state index contributed by atoms with van der Waals surface area (Å²) in [6, 6.07) is 32.1. The smallest absolute Gasteiger partial charge is 1.00 e. The minimum atomic E-state index is -2.97. The zero-order valence-electron chi connectivity index (χ0n) is 25.2. The van der Waals surface area contributed by atoms with Crippen LogP contribution < -0.4 is 29.6 Å². The Morgan fingerprint density at radius 2 is 0.617 bits per heavy atom. The monoisotopic (exact) mass is 963 g/mol. The number of aromatic amines is 4. The van der Waals surface area contributed by atoms with Gasteiger partial charge in [0.15, 0.2) is 0 Å². The zero-order chi connectivity index (χ0) is 32.5. The molecule has 0 amide bonds. The van der Waals surface area contributed by atoms with Gasteiger partial charge in [0.25, 0.3) is 0 Å². The third-order valence-corrected chi connectivity index (χ3v) is 5.40. The summed E-state index contributed by atoms with van der Waals surface area (Å²) in [6.45, 7) is 0. The molecule has 0 saturated carbocycles. The summed E-state index contributed by atoms with van der Waals surface area (Å²) < 4.78 is 0. The fourth-order valence-electron chi connectivity index (χ4n) is 3.53. The summed E-state index contributed by atoms with van der Waals surface area (Å²) >= 11 is -1.75. The maximum Gasteiger partial charge on any atom is 1.00 e. The Labute approximate surface area is 330 Å². The summed E-state index contributed by atoms with van der Waals surface area (Å²) in [4.78, 5) is 0. The number of nitrogens with one attached hydrogen (secondary N) is 4. The van der Waals surface area contributed by atoms with E-state index in [2.05, 4.69) is 40.8 Å². The van der Waals surface area contributed by atoms with E-state index in [1.165, 1.54) is 0 Å². The molecule has 0 radical (unpaired) electrons. The number of para-hydroxylation sites is 4. The van der Waals surface area contributed by atoms with E-state index in [4.69, 9.17) is 67.8 Å². The molecule has 0 bridgehead atoms. The largest absolute Gasteiger partial charge is 1.00 e. The molecule has 6 N–H and O–H groups in total. The molecular formula is C28H27Cl7N8NaORu2. The van der Waals surface area contributed by atoms with Crippen LogP contribution in [0.2, 0.25) is 0 Å². The molecule has 0 saturated heterocycles. The molecule has 0 aliphatic carbocycles. The van der Waals surface area contributed by atoms with Crippen molar-refractivity contribution in [2.24, 2.45) is 0 Å². The van der Waals surface area contributed by atoms with Crippen LogP contribution in [0.25, 0.3) is 43.6 Å². The van der Waals surface area contributed by atoms with E-state index in [1.807, 2.05) is 122 Å². The van der Waals surface area contributed by atoms with E-state index in [9.17, 15) is 0 Å². The molecule has 19 heteroatoms. The van der Waals surface area contributed by atoms with Gasteiger partial charge in [0, 0.05) is 21.5 Å². The third-order valence-electron chi connectivity index (χ3n) is 5.40. The van der Waals surface area contributed by atoms with Crippen LogP contribution in [0.15, 0.2) is 122 Å². The molecule has 4 heterocycles. The van der Waals surface area contributed by atoms with Crippen molar-refractivity contribution in [3.8, 4) is 0 Å². The molecular weight excluding hydrogens is 938 g/mol. The number of halogens is 7. The SMILES string of the molecule is O.[Cl][Ru]([Cl])([Cl])[Cl].[Cl][Ru]([Cl])[Cl].[H-].[Na+].c1ccc2[nH]ncc2c1.c1ccc2[nH]ncc2c1.c1ccc2[nH]ncc2c1.c1ccc2[nH]ncc2c1. The second-order valence-corrected chi connectivity index (χ2v) is 32.0. The fourth-order valence-corrected chi connectivity index (χ4v) is 3.53. The number of H-pyrrole nitrogens is 4. The topological polar surface area (TPSA) is 146 Å². The summed E-state index contributed by atoms with van der Waals surface area (Å²) in [5.74, 6) is 0. The Morgan fingerprint density at radius 3 is 0.787 bits per heavy atom. The van der Waals surface area contributed by atoms with E-state index < -0.39 is 23.8 Å². The molecule has 4 aromatic carbocycles. The Kier molecular flexibility index (Phi) is 22.7. The predicted octanol–water partition coefficient (Wildman–Crippen LogP) is 7.36. The first-order valence-corrected chi connectivity index (χ1v) is 28.0. The Balaban J connectivity index is 0.000000558. The van der Waals surface area contributed by atoms with Crippen molar-refractivity contribution in [2.45, 2.75) is 0 Å². The zero-order valence-corrected chi connectivity index (χ0v) is 35.0. The van der Waals surface area contributed by atoms with Gasteiger partial charge in [0.2, 0.25) is 0 Å². The van der Waals surface area contributed by atoms with Gasteiger partial charge in [-0.15, -0.1) is 0 Å². The van der Waals surface area contributed by atoms with E-state index in [0.29, 0.717) is 0 Å². The second-order valence-electron chi connectivity index (χ2n) is 8.28. The number of hydrogen-bond donors (Lipinski definition) is 4. The van der Waals surface area contributed by atoms with Gasteiger partial charge in [-0.25, -0.2) is 0 Å². The van der Waals surface area contributed by atoms with E-state index >= 15 is 0 Å². The molecule has 8 rings (SSSR count). The summed E-state index contributed by atoms with van der Waals surface area (Å²) in [6.07, 6.45) is 7.26. The van der Waals surface area contributed by atoms with Crippen LogP contribution in [0.1, 0.15) is 1.43 Å². The van der Waals surface area contributed by atoms with Crippen LogP contribution in [-0.2, 0) is 23.8 Å². The van der Waals surface area contributed by atoms with E-state index in [0.717, 1.165) is 43.6 Å². The maximum atomic E-state index is 5.00. The molecule has 251 valence electrons. The quantitative estimate of drug-likeness (QED) is 0.118. The van der Waals surface area contributed by atoms with Gasteiger partial charge in [-0.3, -0.25) is 20.4 Å². The second kappa shape index (κ2) is 24.2. The van der Waals surface area contributed by atoms with Crippen LogP contribution in [0.5, 0.6) is 0 Å². The summed E-state index contributed by atoms with van der Waals surface area (Å²) in [5.41, 5.74) is 4.38. The maximum absolute atomic E-state index is 5.00. The number of rotatable bonds is 0. The van der Waals surface area contributed by atoms with Crippen LogP contribution in [0.3, 0.4) is 0 Å².